The highest BCUT2D eigenvalue weighted by Gasteiger charge is 2.02. The molecule has 0 saturated heterocycles. The van der Waals surface area contributed by atoms with Crippen molar-refractivity contribution in [1.29, 1.82) is 0 Å². The van der Waals surface area contributed by atoms with Crippen LogP contribution in [0.4, 0.5) is 0 Å². The normalized spacial score (nSPS) is 13.2. The van der Waals surface area contributed by atoms with Crippen LogP contribution >= 0.6 is 27.7 Å². The molecule has 74 valence electrons. The Labute approximate surface area is 89.2 Å². The third-order valence-electron chi connectivity index (χ3n) is 1.91. The molecule has 1 nitrogen and oxygen atoms in total. The molecule has 0 spiro atoms. The highest BCUT2D eigenvalue weighted by Crippen LogP contribution is 2.01. The summed E-state index contributed by atoms with van der Waals surface area (Å²) in [6.45, 7) is 3.42. The van der Waals surface area contributed by atoms with E-state index < -0.39 is 0 Å². The molecule has 0 aromatic carbocycles. The van der Waals surface area contributed by atoms with Gasteiger partial charge in [-0.2, -0.15) is 11.8 Å². The molecule has 0 heterocycles. The molecule has 0 amide bonds. The second-order valence-electron chi connectivity index (χ2n) is 2.88. The van der Waals surface area contributed by atoms with E-state index in [1.54, 1.807) is 0 Å². The van der Waals surface area contributed by atoms with Crippen LogP contribution in [0.5, 0.6) is 0 Å². The van der Waals surface area contributed by atoms with Crippen molar-refractivity contribution >= 4 is 27.7 Å². The van der Waals surface area contributed by atoms with E-state index in [0.717, 1.165) is 5.33 Å². The van der Waals surface area contributed by atoms with E-state index in [1.165, 1.54) is 31.6 Å². The van der Waals surface area contributed by atoms with Gasteiger partial charge in [0.1, 0.15) is 0 Å². The molecule has 0 aliphatic carbocycles. The van der Waals surface area contributed by atoms with Gasteiger partial charge in [-0.3, -0.25) is 0 Å². The molecule has 0 aromatic rings. The Balaban J connectivity index is 3.19. The minimum atomic E-state index is 0.714. The van der Waals surface area contributed by atoms with E-state index in [-0.39, 0.29) is 0 Å². The molecule has 0 aliphatic heterocycles. The first-order valence-corrected chi connectivity index (χ1v) is 7.15. The van der Waals surface area contributed by atoms with Crippen molar-refractivity contribution in [3.8, 4) is 0 Å². The quantitative estimate of drug-likeness (QED) is 0.528. The Morgan fingerprint density at radius 1 is 1.50 bits per heavy atom. The van der Waals surface area contributed by atoms with E-state index >= 15 is 0 Å². The maximum atomic E-state index is 3.56. The summed E-state index contributed by atoms with van der Waals surface area (Å²) in [7, 11) is 0. The highest BCUT2D eigenvalue weighted by molar-refractivity contribution is 9.09. The van der Waals surface area contributed by atoms with Crippen molar-refractivity contribution < 1.29 is 0 Å². The van der Waals surface area contributed by atoms with Crippen molar-refractivity contribution in [2.24, 2.45) is 0 Å². The lowest BCUT2D eigenvalue weighted by molar-refractivity contribution is 0.489. The van der Waals surface area contributed by atoms with E-state index in [2.05, 4.69) is 34.4 Å². The molecular weight excluding hydrogens is 234 g/mol. The third kappa shape index (κ3) is 7.44. The smallest absolute Gasteiger partial charge is 0.00723 e. The van der Waals surface area contributed by atoms with Crippen LogP contribution in [0.1, 0.15) is 26.2 Å². The molecule has 0 aliphatic rings. The molecule has 0 bridgehead atoms. The van der Waals surface area contributed by atoms with E-state index in [0.29, 0.717) is 6.04 Å². The summed E-state index contributed by atoms with van der Waals surface area (Å²) < 4.78 is 0. The summed E-state index contributed by atoms with van der Waals surface area (Å²) >= 11 is 5.39. The van der Waals surface area contributed by atoms with Crippen LogP contribution in [-0.4, -0.2) is 29.9 Å². The summed E-state index contributed by atoms with van der Waals surface area (Å²) in [6.07, 6.45) is 5.94. The highest BCUT2D eigenvalue weighted by atomic mass is 79.9. The molecule has 0 rings (SSSR count). The predicted octanol–water partition coefficient (Wildman–Crippen LogP) is 2.89. The maximum Gasteiger partial charge on any atom is 0.00723 e. The van der Waals surface area contributed by atoms with Crippen LogP contribution in [0.25, 0.3) is 0 Å². The monoisotopic (exact) mass is 253 g/mol. The Bertz CT molecular complexity index is 90.6. The van der Waals surface area contributed by atoms with Crippen molar-refractivity contribution in [2.75, 3.05) is 23.9 Å². The number of rotatable bonds is 8. The molecule has 12 heavy (non-hydrogen) atoms. The molecule has 0 fully saturated rings. The fourth-order valence-corrected chi connectivity index (χ4v) is 2.09. The van der Waals surface area contributed by atoms with Crippen molar-refractivity contribution in [3.63, 3.8) is 0 Å². The van der Waals surface area contributed by atoms with Crippen LogP contribution < -0.4 is 5.32 Å². The lowest BCUT2D eigenvalue weighted by Gasteiger charge is -2.14. The van der Waals surface area contributed by atoms with E-state index in [1.807, 2.05) is 11.8 Å². The SMILES string of the molecule is CCC(CCBr)NCCCSC. The summed E-state index contributed by atoms with van der Waals surface area (Å²) in [5.41, 5.74) is 0. The molecule has 0 saturated carbocycles. The number of hydrogen-bond acceptors (Lipinski definition) is 2. The van der Waals surface area contributed by atoms with Gasteiger partial charge in [0.2, 0.25) is 0 Å². The van der Waals surface area contributed by atoms with Gasteiger partial charge < -0.3 is 5.32 Å². The van der Waals surface area contributed by atoms with Crippen molar-refractivity contribution in [1.82, 2.24) is 5.32 Å². The van der Waals surface area contributed by atoms with Gasteiger partial charge >= 0.3 is 0 Å². The maximum absolute atomic E-state index is 3.56. The largest absolute Gasteiger partial charge is 0.314 e. The summed E-state index contributed by atoms with van der Waals surface area (Å²) in [4.78, 5) is 0. The lowest BCUT2D eigenvalue weighted by atomic mass is 10.2. The van der Waals surface area contributed by atoms with Crippen LogP contribution in [-0.2, 0) is 0 Å². The lowest BCUT2D eigenvalue weighted by Crippen LogP contribution is -2.29. The van der Waals surface area contributed by atoms with Crippen LogP contribution in [0.15, 0.2) is 0 Å². The van der Waals surface area contributed by atoms with E-state index in [9.17, 15) is 0 Å². The molecule has 3 heteroatoms. The standard InChI is InChI=1S/C9H20BrNS/c1-3-9(5-6-10)11-7-4-8-12-2/h9,11H,3-8H2,1-2H3. The van der Waals surface area contributed by atoms with Crippen LogP contribution in [0.3, 0.4) is 0 Å². The summed E-state index contributed by atoms with van der Waals surface area (Å²) in [5, 5.41) is 4.67. The molecule has 1 N–H and O–H groups in total. The molecule has 0 aromatic heterocycles. The predicted molar refractivity (Wildman–Crippen MR) is 63.5 cm³/mol. The number of alkyl halides is 1. The molecule has 1 atom stereocenters. The number of thioether (sulfide) groups is 1. The van der Waals surface area contributed by atoms with Crippen molar-refractivity contribution in [2.45, 2.75) is 32.2 Å². The average Bonchev–Trinajstić information content (AvgIpc) is 2.10. The Kier molecular flexibility index (Phi) is 10.5. The van der Waals surface area contributed by atoms with Gasteiger partial charge in [-0.15, -0.1) is 0 Å². The fraction of sp³-hybridized carbons (Fsp3) is 1.00. The first-order valence-electron chi connectivity index (χ1n) is 4.63. The topological polar surface area (TPSA) is 12.0 Å². The van der Waals surface area contributed by atoms with Crippen LogP contribution in [0, 0.1) is 0 Å². The van der Waals surface area contributed by atoms with Gasteiger partial charge in [0.05, 0.1) is 0 Å². The second kappa shape index (κ2) is 9.87. The zero-order valence-corrected chi connectivity index (χ0v) is 10.5. The van der Waals surface area contributed by atoms with Gasteiger partial charge in [0.15, 0.2) is 0 Å². The number of nitrogens with one attached hydrogen (secondary N) is 1. The van der Waals surface area contributed by atoms with Gasteiger partial charge in [0.25, 0.3) is 0 Å². The first kappa shape index (κ1) is 12.8. The van der Waals surface area contributed by atoms with Crippen LogP contribution in [0.2, 0.25) is 0 Å². The molecular formula is C9H20BrNS. The zero-order valence-electron chi connectivity index (χ0n) is 8.11. The van der Waals surface area contributed by atoms with E-state index in [4.69, 9.17) is 0 Å². The van der Waals surface area contributed by atoms with Gasteiger partial charge in [0, 0.05) is 11.4 Å². The minimum absolute atomic E-state index is 0.714. The summed E-state index contributed by atoms with van der Waals surface area (Å²) in [6, 6.07) is 0.714. The average molecular weight is 254 g/mol. The fourth-order valence-electron chi connectivity index (χ4n) is 1.10. The number of halogens is 1. The molecule has 0 radical (unpaired) electrons. The van der Waals surface area contributed by atoms with Gasteiger partial charge in [-0.25, -0.2) is 0 Å². The number of hydrogen-bond donors (Lipinski definition) is 1. The Morgan fingerprint density at radius 3 is 2.75 bits per heavy atom. The minimum Gasteiger partial charge on any atom is -0.314 e. The Hall–Kier alpha value is 0.790. The Morgan fingerprint density at radius 2 is 2.25 bits per heavy atom. The van der Waals surface area contributed by atoms with Gasteiger partial charge in [-0.05, 0) is 37.8 Å². The van der Waals surface area contributed by atoms with Crippen molar-refractivity contribution in [3.05, 3.63) is 0 Å². The summed E-state index contributed by atoms with van der Waals surface area (Å²) in [5.74, 6) is 1.28. The second-order valence-corrected chi connectivity index (χ2v) is 4.66. The first-order chi connectivity index (χ1) is 5.85. The van der Waals surface area contributed by atoms with Gasteiger partial charge in [-0.1, -0.05) is 22.9 Å². The third-order valence-corrected chi connectivity index (χ3v) is 3.06. The molecule has 1 unspecified atom stereocenters. The zero-order chi connectivity index (χ0) is 9.23.